The molecule has 2 N–H and O–H groups in total. The molecule has 1 unspecified atom stereocenters. The van der Waals surface area contributed by atoms with Crippen molar-refractivity contribution in [1.82, 2.24) is 5.32 Å². The quantitative estimate of drug-likeness (QED) is 0.780. The van der Waals surface area contributed by atoms with Gasteiger partial charge in [-0.15, -0.1) is 0 Å². The van der Waals surface area contributed by atoms with Crippen LogP contribution in [0.4, 0.5) is 0 Å². The third-order valence-electron chi connectivity index (χ3n) is 2.98. The van der Waals surface area contributed by atoms with Crippen molar-refractivity contribution in [3.8, 4) is 11.5 Å². The second-order valence-corrected chi connectivity index (χ2v) is 4.03. The van der Waals surface area contributed by atoms with E-state index >= 15 is 0 Å². The Kier molecular flexibility index (Phi) is 2.82. The molecule has 0 aromatic heterocycles. The first-order chi connectivity index (χ1) is 7.22. The number of phenolic OH excluding ortho intramolecular Hbond substituents is 1. The zero-order chi connectivity index (χ0) is 10.8. The van der Waals surface area contributed by atoms with Crippen LogP contribution in [0.3, 0.4) is 0 Å². The average Bonchev–Trinajstić information content (AvgIpc) is 2.74. The Morgan fingerprint density at radius 3 is 2.87 bits per heavy atom. The normalized spacial score (nSPS) is 20.5. The van der Waals surface area contributed by atoms with Gasteiger partial charge in [-0.25, -0.2) is 0 Å². The lowest BCUT2D eigenvalue weighted by molar-refractivity contribution is 0.401. The Balaban J connectivity index is 2.35. The SMILES string of the molecule is COc1cc(O)c(C2CCCN2)cc1C. The number of aryl methyl sites for hydroxylation is 1. The van der Waals surface area contributed by atoms with Crippen molar-refractivity contribution in [1.29, 1.82) is 0 Å². The molecule has 15 heavy (non-hydrogen) atoms. The molecule has 3 heteroatoms. The molecule has 3 nitrogen and oxygen atoms in total. The van der Waals surface area contributed by atoms with Crippen LogP contribution in [-0.4, -0.2) is 18.8 Å². The maximum atomic E-state index is 9.89. The molecule has 0 spiro atoms. The molecule has 82 valence electrons. The number of ether oxygens (including phenoxy) is 1. The van der Waals surface area contributed by atoms with Crippen LogP contribution in [0.1, 0.15) is 30.0 Å². The Hall–Kier alpha value is -1.22. The summed E-state index contributed by atoms with van der Waals surface area (Å²) in [7, 11) is 1.62. The summed E-state index contributed by atoms with van der Waals surface area (Å²) in [6.07, 6.45) is 2.27. The highest BCUT2D eigenvalue weighted by molar-refractivity contribution is 5.46. The number of rotatable bonds is 2. The molecule has 1 aliphatic heterocycles. The van der Waals surface area contributed by atoms with Gasteiger partial charge < -0.3 is 15.2 Å². The number of phenols is 1. The van der Waals surface area contributed by atoms with Gasteiger partial charge in [-0.2, -0.15) is 0 Å². The van der Waals surface area contributed by atoms with Crippen molar-refractivity contribution >= 4 is 0 Å². The molecule has 1 atom stereocenters. The van der Waals surface area contributed by atoms with E-state index in [1.54, 1.807) is 13.2 Å². The largest absolute Gasteiger partial charge is 0.507 e. The van der Waals surface area contributed by atoms with Gasteiger partial charge in [0.25, 0.3) is 0 Å². The minimum atomic E-state index is 0.301. The predicted octanol–water partition coefficient (Wildman–Crippen LogP) is 2.13. The van der Waals surface area contributed by atoms with Crippen LogP contribution in [0.5, 0.6) is 11.5 Å². The van der Waals surface area contributed by atoms with Gasteiger partial charge in [0.15, 0.2) is 0 Å². The van der Waals surface area contributed by atoms with Crippen molar-refractivity contribution in [2.45, 2.75) is 25.8 Å². The van der Waals surface area contributed by atoms with Gasteiger partial charge in [-0.3, -0.25) is 0 Å². The van der Waals surface area contributed by atoms with E-state index in [2.05, 4.69) is 5.32 Å². The van der Waals surface area contributed by atoms with Gasteiger partial charge in [0.1, 0.15) is 11.5 Å². The average molecular weight is 207 g/mol. The molecule has 1 fully saturated rings. The maximum absolute atomic E-state index is 9.89. The standard InChI is InChI=1S/C12H17NO2/c1-8-6-9(10-4-3-5-13-10)11(14)7-12(8)15-2/h6-7,10,13-14H,3-5H2,1-2H3. The van der Waals surface area contributed by atoms with Gasteiger partial charge in [0.05, 0.1) is 7.11 Å². The fourth-order valence-corrected chi connectivity index (χ4v) is 2.15. The number of aromatic hydroxyl groups is 1. The molecule has 0 radical (unpaired) electrons. The maximum Gasteiger partial charge on any atom is 0.125 e. The van der Waals surface area contributed by atoms with Crippen molar-refractivity contribution in [3.05, 3.63) is 23.3 Å². The molecular formula is C12H17NO2. The zero-order valence-electron chi connectivity index (χ0n) is 9.21. The third kappa shape index (κ3) is 1.92. The number of hydrogen-bond acceptors (Lipinski definition) is 3. The van der Waals surface area contributed by atoms with Crippen LogP contribution in [0.25, 0.3) is 0 Å². The molecule has 1 heterocycles. The lowest BCUT2D eigenvalue weighted by Crippen LogP contribution is -2.13. The second-order valence-electron chi connectivity index (χ2n) is 4.03. The van der Waals surface area contributed by atoms with E-state index in [1.165, 1.54) is 6.42 Å². The minimum absolute atomic E-state index is 0.301. The topological polar surface area (TPSA) is 41.5 Å². The molecule has 1 aromatic rings. The van der Waals surface area contributed by atoms with Gasteiger partial charge in [-0.1, -0.05) is 0 Å². The molecule has 0 aliphatic carbocycles. The number of benzene rings is 1. The van der Waals surface area contributed by atoms with E-state index in [4.69, 9.17) is 4.74 Å². The third-order valence-corrected chi connectivity index (χ3v) is 2.98. The Morgan fingerprint density at radius 1 is 1.47 bits per heavy atom. The second kappa shape index (κ2) is 4.11. The van der Waals surface area contributed by atoms with Gasteiger partial charge in [-0.05, 0) is 37.9 Å². The van der Waals surface area contributed by atoms with Crippen molar-refractivity contribution in [3.63, 3.8) is 0 Å². The molecule has 2 rings (SSSR count). The molecule has 1 saturated heterocycles. The van der Waals surface area contributed by atoms with Crippen LogP contribution in [-0.2, 0) is 0 Å². The Labute approximate surface area is 90.1 Å². The van der Waals surface area contributed by atoms with E-state index in [-0.39, 0.29) is 0 Å². The zero-order valence-corrected chi connectivity index (χ0v) is 9.21. The summed E-state index contributed by atoms with van der Waals surface area (Å²) in [6.45, 7) is 3.03. The highest BCUT2D eigenvalue weighted by Gasteiger charge is 2.20. The lowest BCUT2D eigenvalue weighted by atomic mass is 10.0. The molecule has 0 bridgehead atoms. The van der Waals surface area contributed by atoms with Crippen LogP contribution in [0.15, 0.2) is 12.1 Å². The monoisotopic (exact) mass is 207 g/mol. The summed E-state index contributed by atoms with van der Waals surface area (Å²) in [5, 5.41) is 13.3. The molecule has 1 aliphatic rings. The smallest absolute Gasteiger partial charge is 0.125 e. The van der Waals surface area contributed by atoms with Crippen molar-refractivity contribution < 1.29 is 9.84 Å². The summed E-state index contributed by atoms with van der Waals surface area (Å²) >= 11 is 0. The molecule has 0 saturated carbocycles. The first kappa shape index (κ1) is 10.3. The molecule has 0 amide bonds. The van der Waals surface area contributed by atoms with Gasteiger partial charge in [0, 0.05) is 17.7 Å². The molecular weight excluding hydrogens is 190 g/mol. The Morgan fingerprint density at radius 2 is 2.27 bits per heavy atom. The van der Waals surface area contributed by atoms with Gasteiger partial charge in [0.2, 0.25) is 0 Å². The molecule has 1 aromatic carbocycles. The first-order valence-corrected chi connectivity index (χ1v) is 5.33. The number of methoxy groups -OCH3 is 1. The van der Waals surface area contributed by atoms with Crippen molar-refractivity contribution in [2.24, 2.45) is 0 Å². The highest BCUT2D eigenvalue weighted by atomic mass is 16.5. The predicted molar refractivity (Wildman–Crippen MR) is 59.4 cm³/mol. The van der Waals surface area contributed by atoms with Gasteiger partial charge >= 0.3 is 0 Å². The van der Waals surface area contributed by atoms with Crippen LogP contribution >= 0.6 is 0 Å². The summed E-state index contributed by atoms with van der Waals surface area (Å²) in [5.74, 6) is 1.08. The lowest BCUT2D eigenvalue weighted by Gasteiger charge is -2.15. The van der Waals surface area contributed by atoms with E-state index in [9.17, 15) is 5.11 Å². The van der Waals surface area contributed by atoms with E-state index < -0.39 is 0 Å². The summed E-state index contributed by atoms with van der Waals surface area (Å²) < 4.78 is 5.16. The van der Waals surface area contributed by atoms with E-state index in [0.29, 0.717) is 11.8 Å². The Bertz CT molecular complexity index is 357. The first-order valence-electron chi connectivity index (χ1n) is 5.33. The van der Waals surface area contributed by atoms with E-state index in [1.807, 2.05) is 13.0 Å². The van der Waals surface area contributed by atoms with Crippen molar-refractivity contribution in [2.75, 3.05) is 13.7 Å². The van der Waals surface area contributed by atoms with Crippen LogP contribution in [0.2, 0.25) is 0 Å². The minimum Gasteiger partial charge on any atom is -0.507 e. The number of hydrogen-bond donors (Lipinski definition) is 2. The van der Waals surface area contributed by atoms with Crippen LogP contribution in [0, 0.1) is 6.92 Å². The number of nitrogens with one attached hydrogen (secondary N) is 1. The van der Waals surface area contributed by atoms with Crippen LogP contribution < -0.4 is 10.1 Å². The highest BCUT2D eigenvalue weighted by Crippen LogP contribution is 2.34. The fraction of sp³-hybridized carbons (Fsp3) is 0.500. The van der Waals surface area contributed by atoms with E-state index in [0.717, 1.165) is 29.8 Å². The summed E-state index contributed by atoms with van der Waals surface area (Å²) in [4.78, 5) is 0. The fourth-order valence-electron chi connectivity index (χ4n) is 2.15. The summed E-state index contributed by atoms with van der Waals surface area (Å²) in [6, 6.07) is 4.01. The summed E-state index contributed by atoms with van der Waals surface area (Å²) in [5.41, 5.74) is 2.06.